The summed E-state index contributed by atoms with van der Waals surface area (Å²) in [5.74, 6) is -0.962. The van der Waals surface area contributed by atoms with Crippen LogP contribution in [0.3, 0.4) is 0 Å². The molecule has 26 heavy (non-hydrogen) atoms. The quantitative estimate of drug-likeness (QED) is 0.831. The zero-order chi connectivity index (χ0) is 19.4. The van der Waals surface area contributed by atoms with Gasteiger partial charge in [-0.2, -0.15) is 5.26 Å². The third-order valence-corrected chi connectivity index (χ3v) is 4.92. The van der Waals surface area contributed by atoms with Crippen LogP contribution in [0, 0.1) is 11.3 Å². The summed E-state index contributed by atoms with van der Waals surface area (Å²) in [7, 11) is 0. The van der Waals surface area contributed by atoms with Crippen LogP contribution < -0.4 is 5.32 Å². The monoisotopic (exact) mass is 356 g/mol. The summed E-state index contributed by atoms with van der Waals surface area (Å²) in [4.78, 5) is 24.7. The van der Waals surface area contributed by atoms with Gasteiger partial charge in [-0.05, 0) is 42.9 Å². The van der Waals surface area contributed by atoms with Crippen LogP contribution >= 0.6 is 0 Å². The van der Waals surface area contributed by atoms with Crippen molar-refractivity contribution in [2.45, 2.75) is 76.9 Å². The van der Waals surface area contributed by atoms with E-state index >= 15 is 0 Å². The van der Waals surface area contributed by atoms with Gasteiger partial charge in [-0.3, -0.25) is 4.79 Å². The predicted molar refractivity (Wildman–Crippen MR) is 99.6 cm³/mol. The smallest absolute Gasteiger partial charge is 0.338 e. The first-order valence-electron chi connectivity index (χ1n) is 9.22. The van der Waals surface area contributed by atoms with Gasteiger partial charge in [-0.1, -0.05) is 52.2 Å². The van der Waals surface area contributed by atoms with Crippen LogP contribution in [-0.2, 0) is 14.9 Å². The number of carbonyl (C=O) groups is 2. The highest BCUT2D eigenvalue weighted by Gasteiger charge is 2.35. The van der Waals surface area contributed by atoms with Crippen LogP contribution in [0.1, 0.15) is 75.7 Å². The van der Waals surface area contributed by atoms with Gasteiger partial charge < -0.3 is 10.1 Å². The lowest BCUT2D eigenvalue weighted by atomic mass is 9.83. The van der Waals surface area contributed by atoms with Gasteiger partial charge in [-0.15, -0.1) is 0 Å². The molecule has 140 valence electrons. The van der Waals surface area contributed by atoms with Gasteiger partial charge in [0, 0.05) is 0 Å². The van der Waals surface area contributed by atoms with Crippen LogP contribution in [0.15, 0.2) is 24.3 Å². The van der Waals surface area contributed by atoms with Crippen molar-refractivity contribution >= 4 is 11.9 Å². The summed E-state index contributed by atoms with van der Waals surface area (Å²) in [6.07, 6.45) is 3.25. The molecule has 1 aromatic carbocycles. The minimum absolute atomic E-state index is 0.00121. The average Bonchev–Trinajstić information content (AvgIpc) is 2.61. The fourth-order valence-corrected chi connectivity index (χ4v) is 3.15. The van der Waals surface area contributed by atoms with Gasteiger partial charge in [0.2, 0.25) is 0 Å². The first-order chi connectivity index (χ1) is 12.2. The van der Waals surface area contributed by atoms with Crippen molar-refractivity contribution in [3.8, 4) is 6.07 Å². The van der Waals surface area contributed by atoms with Crippen LogP contribution in [-0.4, -0.2) is 23.5 Å². The van der Waals surface area contributed by atoms with Gasteiger partial charge in [0.25, 0.3) is 5.91 Å². The summed E-state index contributed by atoms with van der Waals surface area (Å²) in [6.45, 7) is 7.83. The number of nitriles is 1. The lowest BCUT2D eigenvalue weighted by Gasteiger charge is -2.32. The van der Waals surface area contributed by atoms with E-state index in [2.05, 4.69) is 32.2 Å². The molecule has 0 spiro atoms. The first kappa shape index (κ1) is 20.0. The van der Waals surface area contributed by atoms with Crippen molar-refractivity contribution in [3.05, 3.63) is 35.4 Å². The summed E-state index contributed by atoms with van der Waals surface area (Å²) >= 11 is 0. The highest BCUT2D eigenvalue weighted by Crippen LogP contribution is 2.28. The van der Waals surface area contributed by atoms with Crippen LogP contribution in [0.25, 0.3) is 0 Å². The van der Waals surface area contributed by atoms with Crippen molar-refractivity contribution in [2.75, 3.05) is 0 Å². The molecule has 1 saturated carbocycles. The van der Waals surface area contributed by atoms with Crippen molar-refractivity contribution in [1.82, 2.24) is 5.32 Å². The van der Waals surface area contributed by atoms with Gasteiger partial charge >= 0.3 is 5.97 Å². The Morgan fingerprint density at radius 2 is 1.73 bits per heavy atom. The number of hydrogen-bond donors (Lipinski definition) is 1. The number of hydrogen-bond acceptors (Lipinski definition) is 4. The molecule has 2 rings (SSSR count). The number of carbonyl (C=O) groups excluding carboxylic acids is 2. The molecule has 1 aliphatic rings. The van der Waals surface area contributed by atoms with E-state index in [1.54, 1.807) is 12.1 Å². The van der Waals surface area contributed by atoms with E-state index in [9.17, 15) is 14.9 Å². The Hall–Kier alpha value is -2.35. The van der Waals surface area contributed by atoms with Gasteiger partial charge in [0.1, 0.15) is 5.54 Å². The van der Waals surface area contributed by atoms with Crippen molar-refractivity contribution in [3.63, 3.8) is 0 Å². The van der Waals surface area contributed by atoms with Gasteiger partial charge in [-0.25, -0.2) is 4.79 Å². The highest BCUT2D eigenvalue weighted by molar-refractivity contribution is 5.92. The van der Waals surface area contributed by atoms with E-state index in [0.29, 0.717) is 18.4 Å². The molecule has 1 aliphatic carbocycles. The molecule has 5 heteroatoms. The minimum Gasteiger partial charge on any atom is -0.449 e. The molecule has 0 bridgehead atoms. The SMILES string of the molecule is C[C@H](OC(=O)c1ccc(C(C)(C)C)cc1)C(=O)NC1(C#N)CCCCC1. The molecule has 1 fully saturated rings. The number of nitrogens with one attached hydrogen (secondary N) is 1. The normalized spacial score (nSPS) is 17.7. The number of ether oxygens (including phenoxy) is 1. The number of rotatable bonds is 4. The molecule has 0 heterocycles. The van der Waals surface area contributed by atoms with Crippen molar-refractivity contribution in [2.24, 2.45) is 0 Å². The van der Waals surface area contributed by atoms with Crippen LogP contribution in [0.4, 0.5) is 0 Å². The Morgan fingerprint density at radius 1 is 1.15 bits per heavy atom. The maximum atomic E-state index is 12.4. The molecular formula is C21H28N2O3. The van der Waals surface area contributed by atoms with E-state index in [1.807, 2.05) is 12.1 Å². The zero-order valence-corrected chi connectivity index (χ0v) is 16.1. The largest absolute Gasteiger partial charge is 0.449 e. The molecule has 0 aliphatic heterocycles. The Labute approximate surface area is 155 Å². The lowest BCUT2D eigenvalue weighted by molar-refractivity contribution is -0.130. The van der Waals surface area contributed by atoms with E-state index < -0.39 is 23.5 Å². The molecule has 0 aromatic heterocycles. The molecule has 0 saturated heterocycles. The van der Waals surface area contributed by atoms with E-state index in [1.165, 1.54) is 6.92 Å². The topological polar surface area (TPSA) is 79.2 Å². The van der Waals surface area contributed by atoms with Crippen LogP contribution in [0.5, 0.6) is 0 Å². The molecule has 1 aromatic rings. The highest BCUT2D eigenvalue weighted by atomic mass is 16.5. The van der Waals surface area contributed by atoms with Crippen LogP contribution in [0.2, 0.25) is 0 Å². The summed E-state index contributed by atoms with van der Waals surface area (Å²) in [5, 5.41) is 12.2. The second-order valence-electron chi connectivity index (χ2n) is 8.12. The Balaban J connectivity index is 1.97. The zero-order valence-electron chi connectivity index (χ0n) is 16.1. The van der Waals surface area contributed by atoms with Crippen molar-refractivity contribution < 1.29 is 14.3 Å². The number of nitrogens with zero attached hydrogens (tertiary/aromatic N) is 1. The lowest BCUT2D eigenvalue weighted by Crippen LogP contribution is -2.52. The van der Waals surface area contributed by atoms with Gasteiger partial charge in [0.05, 0.1) is 11.6 Å². The molecule has 1 amide bonds. The summed E-state index contributed by atoms with van der Waals surface area (Å²) in [6, 6.07) is 9.46. The van der Waals surface area contributed by atoms with E-state index in [4.69, 9.17) is 4.74 Å². The predicted octanol–water partition coefficient (Wildman–Crippen LogP) is 3.87. The van der Waals surface area contributed by atoms with Crippen molar-refractivity contribution in [1.29, 1.82) is 5.26 Å². The average molecular weight is 356 g/mol. The molecule has 1 atom stereocenters. The molecular weight excluding hydrogens is 328 g/mol. The fourth-order valence-electron chi connectivity index (χ4n) is 3.15. The third-order valence-electron chi connectivity index (χ3n) is 4.92. The first-order valence-corrected chi connectivity index (χ1v) is 9.22. The Morgan fingerprint density at radius 3 is 2.23 bits per heavy atom. The molecule has 5 nitrogen and oxygen atoms in total. The second-order valence-corrected chi connectivity index (χ2v) is 8.12. The number of benzene rings is 1. The minimum atomic E-state index is -0.947. The van der Waals surface area contributed by atoms with E-state index in [0.717, 1.165) is 24.8 Å². The standard InChI is InChI=1S/C21H28N2O3/c1-15(18(24)23-21(14-22)12-6-5-7-13-21)26-19(25)16-8-10-17(11-9-16)20(2,3)4/h8-11,15H,5-7,12-13H2,1-4H3,(H,23,24)/t15-/m0/s1. The second kappa shape index (κ2) is 7.90. The maximum Gasteiger partial charge on any atom is 0.338 e. The molecule has 1 N–H and O–H groups in total. The maximum absolute atomic E-state index is 12.4. The van der Waals surface area contributed by atoms with Gasteiger partial charge in [0.15, 0.2) is 6.10 Å². The summed E-state index contributed by atoms with van der Waals surface area (Å²) < 4.78 is 5.29. The molecule has 0 radical (unpaired) electrons. The third kappa shape index (κ3) is 4.85. The number of amides is 1. The van der Waals surface area contributed by atoms with E-state index in [-0.39, 0.29) is 5.41 Å². The Kier molecular flexibility index (Phi) is 6.07. The fraction of sp³-hybridized carbons (Fsp3) is 0.571. The Bertz CT molecular complexity index is 689. The molecule has 0 unspecified atom stereocenters. The number of esters is 1. The summed E-state index contributed by atoms with van der Waals surface area (Å²) in [5.41, 5.74) is 0.699.